The van der Waals surface area contributed by atoms with Crippen molar-refractivity contribution in [2.45, 2.75) is 38.2 Å². The molecule has 0 saturated heterocycles. The SMILES string of the molecule is CN(CCC(=O)O)CC(=O)OC1CCCC1. The number of carboxylic acids is 1. The zero-order chi connectivity index (χ0) is 12.0. The van der Waals surface area contributed by atoms with Gasteiger partial charge in [-0.1, -0.05) is 0 Å². The van der Waals surface area contributed by atoms with Crippen molar-refractivity contribution in [1.29, 1.82) is 0 Å². The number of rotatable bonds is 6. The van der Waals surface area contributed by atoms with Gasteiger partial charge in [-0.05, 0) is 32.7 Å². The normalized spacial score (nSPS) is 16.6. The number of hydrogen-bond donors (Lipinski definition) is 1. The molecule has 1 aliphatic rings. The molecule has 5 heteroatoms. The zero-order valence-corrected chi connectivity index (χ0v) is 9.65. The molecule has 16 heavy (non-hydrogen) atoms. The molecule has 0 heterocycles. The first-order valence-corrected chi connectivity index (χ1v) is 5.67. The molecular formula is C11H19NO4. The van der Waals surface area contributed by atoms with Gasteiger partial charge in [0.25, 0.3) is 0 Å². The predicted octanol–water partition coefficient (Wildman–Crippen LogP) is 0.879. The zero-order valence-electron chi connectivity index (χ0n) is 9.65. The van der Waals surface area contributed by atoms with E-state index in [2.05, 4.69) is 0 Å². The first-order chi connectivity index (χ1) is 7.58. The van der Waals surface area contributed by atoms with Crippen LogP contribution in [0.25, 0.3) is 0 Å². The fraction of sp³-hybridized carbons (Fsp3) is 0.818. The number of carboxylic acid groups (broad SMARTS) is 1. The van der Waals surface area contributed by atoms with Gasteiger partial charge in [-0.15, -0.1) is 0 Å². The second kappa shape index (κ2) is 6.48. The highest BCUT2D eigenvalue weighted by atomic mass is 16.5. The van der Waals surface area contributed by atoms with Gasteiger partial charge in [-0.2, -0.15) is 0 Å². The molecule has 1 saturated carbocycles. The summed E-state index contributed by atoms with van der Waals surface area (Å²) < 4.78 is 5.26. The Bertz CT molecular complexity index is 248. The largest absolute Gasteiger partial charge is 0.481 e. The Morgan fingerprint density at radius 1 is 1.38 bits per heavy atom. The van der Waals surface area contributed by atoms with Gasteiger partial charge >= 0.3 is 11.9 Å². The van der Waals surface area contributed by atoms with Gasteiger partial charge in [0.05, 0.1) is 13.0 Å². The third-order valence-electron chi connectivity index (χ3n) is 2.71. The highest BCUT2D eigenvalue weighted by Crippen LogP contribution is 2.20. The van der Waals surface area contributed by atoms with Crippen molar-refractivity contribution >= 4 is 11.9 Å². The van der Waals surface area contributed by atoms with E-state index in [9.17, 15) is 9.59 Å². The van der Waals surface area contributed by atoms with E-state index in [4.69, 9.17) is 9.84 Å². The number of nitrogens with zero attached hydrogens (tertiary/aromatic N) is 1. The van der Waals surface area contributed by atoms with Gasteiger partial charge in [0.15, 0.2) is 0 Å². The quantitative estimate of drug-likeness (QED) is 0.685. The molecule has 0 aromatic rings. The molecule has 0 aromatic heterocycles. The summed E-state index contributed by atoms with van der Waals surface area (Å²) in [5.41, 5.74) is 0. The first kappa shape index (κ1) is 13.0. The Labute approximate surface area is 95.4 Å². The van der Waals surface area contributed by atoms with Crippen LogP contribution in [0.4, 0.5) is 0 Å². The summed E-state index contributed by atoms with van der Waals surface area (Å²) in [5, 5.41) is 8.48. The van der Waals surface area contributed by atoms with Crippen LogP contribution in [0.2, 0.25) is 0 Å². The van der Waals surface area contributed by atoms with Crippen LogP contribution in [0.15, 0.2) is 0 Å². The summed E-state index contributed by atoms with van der Waals surface area (Å²) in [6, 6.07) is 0. The molecule has 1 aliphatic carbocycles. The number of ether oxygens (including phenoxy) is 1. The Hall–Kier alpha value is -1.10. The second-order valence-electron chi connectivity index (χ2n) is 4.28. The van der Waals surface area contributed by atoms with Gasteiger partial charge in [-0.25, -0.2) is 0 Å². The lowest BCUT2D eigenvalue weighted by atomic mass is 10.3. The number of esters is 1. The van der Waals surface area contributed by atoms with Crippen molar-refractivity contribution in [2.24, 2.45) is 0 Å². The van der Waals surface area contributed by atoms with Crippen LogP contribution < -0.4 is 0 Å². The van der Waals surface area contributed by atoms with E-state index in [1.807, 2.05) is 0 Å². The van der Waals surface area contributed by atoms with Crippen LogP contribution in [0.1, 0.15) is 32.1 Å². The molecule has 0 aromatic carbocycles. The molecule has 0 amide bonds. The fourth-order valence-corrected chi connectivity index (χ4v) is 1.82. The van der Waals surface area contributed by atoms with E-state index in [1.165, 1.54) is 0 Å². The summed E-state index contributed by atoms with van der Waals surface area (Å²) in [6.45, 7) is 0.541. The Morgan fingerprint density at radius 3 is 2.56 bits per heavy atom. The van der Waals surface area contributed by atoms with E-state index in [-0.39, 0.29) is 25.0 Å². The van der Waals surface area contributed by atoms with E-state index in [0.29, 0.717) is 6.54 Å². The number of carbonyl (C=O) groups is 2. The molecule has 1 N–H and O–H groups in total. The number of hydrogen-bond acceptors (Lipinski definition) is 4. The maximum Gasteiger partial charge on any atom is 0.320 e. The molecular weight excluding hydrogens is 210 g/mol. The minimum absolute atomic E-state index is 0.0488. The van der Waals surface area contributed by atoms with Crippen molar-refractivity contribution in [3.05, 3.63) is 0 Å². The minimum Gasteiger partial charge on any atom is -0.481 e. The summed E-state index contributed by atoms with van der Waals surface area (Å²) in [6.07, 6.45) is 4.32. The number of likely N-dealkylation sites (N-methyl/N-ethyl adjacent to an activating group) is 1. The first-order valence-electron chi connectivity index (χ1n) is 5.67. The summed E-state index contributed by atoms with van der Waals surface area (Å²) in [5.74, 6) is -1.10. The van der Waals surface area contributed by atoms with Gasteiger partial charge in [-0.3, -0.25) is 14.5 Å². The maximum absolute atomic E-state index is 11.4. The van der Waals surface area contributed by atoms with E-state index >= 15 is 0 Å². The van der Waals surface area contributed by atoms with E-state index in [0.717, 1.165) is 25.7 Å². The molecule has 0 unspecified atom stereocenters. The fourth-order valence-electron chi connectivity index (χ4n) is 1.82. The average molecular weight is 229 g/mol. The molecule has 0 atom stereocenters. The topological polar surface area (TPSA) is 66.8 Å². The molecule has 92 valence electrons. The average Bonchev–Trinajstić information content (AvgIpc) is 2.67. The van der Waals surface area contributed by atoms with Crippen molar-refractivity contribution in [3.8, 4) is 0 Å². The maximum atomic E-state index is 11.4. The molecule has 0 aliphatic heterocycles. The Balaban J connectivity index is 2.14. The van der Waals surface area contributed by atoms with Crippen molar-refractivity contribution in [1.82, 2.24) is 4.90 Å². The summed E-state index contributed by atoms with van der Waals surface area (Å²) in [7, 11) is 1.72. The summed E-state index contributed by atoms with van der Waals surface area (Å²) in [4.78, 5) is 23.4. The van der Waals surface area contributed by atoms with Crippen LogP contribution in [0, 0.1) is 0 Å². The van der Waals surface area contributed by atoms with Crippen molar-refractivity contribution < 1.29 is 19.4 Å². The van der Waals surface area contributed by atoms with Gasteiger partial charge in [0.2, 0.25) is 0 Å². The lowest BCUT2D eigenvalue weighted by molar-refractivity contribution is -0.150. The highest BCUT2D eigenvalue weighted by molar-refractivity contribution is 5.72. The Kier molecular flexibility index (Phi) is 5.25. The van der Waals surface area contributed by atoms with Crippen LogP contribution in [-0.4, -0.2) is 48.2 Å². The van der Waals surface area contributed by atoms with Gasteiger partial charge in [0, 0.05) is 6.54 Å². The standard InChI is InChI=1S/C11H19NO4/c1-12(7-6-10(13)14)8-11(15)16-9-4-2-3-5-9/h9H,2-8H2,1H3,(H,13,14). The molecule has 0 spiro atoms. The van der Waals surface area contributed by atoms with Crippen LogP contribution >= 0.6 is 0 Å². The lowest BCUT2D eigenvalue weighted by Gasteiger charge is -2.16. The molecule has 1 rings (SSSR count). The highest BCUT2D eigenvalue weighted by Gasteiger charge is 2.19. The van der Waals surface area contributed by atoms with E-state index < -0.39 is 5.97 Å². The van der Waals surface area contributed by atoms with Gasteiger partial charge < -0.3 is 9.84 Å². The van der Waals surface area contributed by atoms with E-state index in [1.54, 1.807) is 11.9 Å². The molecule has 5 nitrogen and oxygen atoms in total. The lowest BCUT2D eigenvalue weighted by Crippen LogP contribution is -2.31. The summed E-state index contributed by atoms with van der Waals surface area (Å²) >= 11 is 0. The smallest absolute Gasteiger partial charge is 0.320 e. The van der Waals surface area contributed by atoms with Crippen molar-refractivity contribution in [3.63, 3.8) is 0 Å². The van der Waals surface area contributed by atoms with Crippen LogP contribution in [0.3, 0.4) is 0 Å². The number of aliphatic carboxylic acids is 1. The second-order valence-corrected chi connectivity index (χ2v) is 4.28. The molecule has 0 radical (unpaired) electrons. The molecule has 1 fully saturated rings. The third-order valence-corrected chi connectivity index (χ3v) is 2.71. The Morgan fingerprint density at radius 2 is 2.00 bits per heavy atom. The predicted molar refractivity (Wildman–Crippen MR) is 58.1 cm³/mol. The third kappa shape index (κ3) is 5.11. The van der Waals surface area contributed by atoms with Gasteiger partial charge in [0.1, 0.15) is 6.10 Å². The van der Waals surface area contributed by atoms with Crippen LogP contribution in [-0.2, 0) is 14.3 Å². The van der Waals surface area contributed by atoms with Crippen LogP contribution in [0.5, 0.6) is 0 Å². The van der Waals surface area contributed by atoms with Crippen molar-refractivity contribution in [2.75, 3.05) is 20.1 Å². The minimum atomic E-state index is -0.851. The molecule has 0 bridgehead atoms. The number of carbonyl (C=O) groups excluding carboxylic acids is 1. The monoisotopic (exact) mass is 229 g/mol.